The summed E-state index contributed by atoms with van der Waals surface area (Å²) in [5, 5.41) is 10.1. The molecule has 0 bridgehead atoms. The van der Waals surface area contributed by atoms with Crippen LogP contribution in [0.3, 0.4) is 0 Å². The largest absolute Gasteiger partial charge is 0.392 e. The lowest BCUT2D eigenvalue weighted by molar-refractivity contribution is -0.144. The monoisotopic (exact) mass is 333 g/mol. The molecule has 1 N–H and O–H groups in total. The second-order valence-corrected chi connectivity index (χ2v) is 6.88. The van der Waals surface area contributed by atoms with Crippen LogP contribution in [0.2, 0.25) is 0 Å². The van der Waals surface area contributed by atoms with Gasteiger partial charge in [0.25, 0.3) is 0 Å². The Balaban J connectivity index is 1.45. The van der Waals surface area contributed by atoms with E-state index in [9.17, 15) is 9.90 Å². The van der Waals surface area contributed by atoms with E-state index in [2.05, 4.69) is 9.88 Å². The number of aromatic nitrogens is 1. The van der Waals surface area contributed by atoms with E-state index in [1.807, 2.05) is 30.1 Å². The van der Waals surface area contributed by atoms with Crippen molar-refractivity contribution in [1.29, 1.82) is 0 Å². The third-order valence-electron chi connectivity index (χ3n) is 5.04. The van der Waals surface area contributed by atoms with Crippen molar-refractivity contribution in [2.24, 2.45) is 5.92 Å². The number of hydrogen-bond acceptors (Lipinski definition) is 5. The molecule has 6 nitrogen and oxygen atoms in total. The summed E-state index contributed by atoms with van der Waals surface area (Å²) in [5.41, 5.74) is 0.935. The van der Waals surface area contributed by atoms with Crippen molar-refractivity contribution in [3.63, 3.8) is 0 Å². The van der Waals surface area contributed by atoms with Gasteiger partial charge in [0, 0.05) is 32.4 Å². The Morgan fingerprint density at radius 1 is 1.29 bits per heavy atom. The third kappa shape index (κ3) is 4.32. The van der Waals surface area contributed by atoms with Crippen LogP contribution in [0.5, 0.6) is 0 Å². The number of nitrogens with zero attached hydrogens (tertiary/aromatic N) is 3. The summed E-state index contributed by atoms with van der Waals surface area (Å²) >= 11 is 0. The molecular weight excluding hydrogens is 306 g/mol. The lowest BCUT2D eigenvalue weighted by Crippen LogP contribution is -2.52. The van der Waals surface area contributed by atoms with Crippen molar-refractivity contribution < 1.29 is 14.6 Å². The molecule has 0 aliphatic carbocycles. The second kappa shape index (κ2) is 8.05. The summed E-state index contributed by atoms with van der Waals surface area (Å²) in [6.07, 6.45) is 3.80. The van der Waals surface area contributed by atoms with Gasteiger partial charge in [0.05, 0.1) is 30.4 Å². The molecule has 0 spiro atoms. The molecule has 6 heteroatoms. The van der Waals surface area contributed by atoms with Gasteiger partial charge in [-0.1, -0.05) is 6.07 Å². The topological polar surface area (TPSA) is 65.9 Å². The highest BCUT2D eigenvalue weighted by Gasteiger charge is 2.35. The number of piperidine rings is 2. The molecule has 2 fully saturated rings. The Kier molecular flexibility index (Phi) is 5.81. The molecule has 0 saturated carbocycles. The van der Waals surface area contributed by atoms with Crippen LogP contribution in [0.4, 0.5) is 0 Å². The van der Waals surface area contributed by atoms with E-state index >= 15 is 0 Å². The van der Waals surface area contributed by atoms with Crippen molar-refractivity contribution in [3.05, 3.63) is 30.1 Å². The summed E-state index contributed by atoms with van der Waals surface area (Å²) < 4.78 is 5.92. The predicted octanol–water partition coefficient (Wildman–Crippen LogP) is 0.902. The van der Waals surface area contributed by atoms with E-state index in [4.69, 9.17) is 4.74 Å². The molecule has 0 radical (unpaired) electrons. The maximum atomic E-state index is 12.7. The first-order valence-electron chi connectivity index (χ1n) is 8.80. The highest BCUT2D eigenvalue weighted by Crippen LogP contribution is 2.22. The fourth-order valence-electron chi connectivity index (χ4n) is 3.51. The maximum Gasteiger partial charge on any atom is 0.229 e. The third-order valence-corrected chi connectivity index (χ3v) is 5.04. The SMILES string of the molecule is CN1CC[C@@H](O)[C@H](C(=O)N2CCC(OCc3ccccn3)CC2)C1. The molecule has 0 aromatic carbocycles. The molecule has 2 aliphatic rings. The van der Waals surface area contributed by atoms with Crippen molar-refractivity contribution in [2.45, 2.75) is 38.1 Å². The van der Waals surface area contributed by atoms with Crippen LogP contribution in [0.1, 0.15) is 25.0 Å². The van der Waals surface area contributed by atoms with Crippen molar-refractivity contribution in [2.75, 3.05) is 33.2 Å². The number of aliphatic hydroxyl groups excluding tert-OH is 1. The first-order valence-corrected chi connectivity index (χ1v) is 8.80. The Hall–Kier alpha value is -1.50. The summed E-state index contributed by atoms with van der Waals surface area (Å²) in [4.78, 5) is 21.0. The highest BCUT2D eigenvalue weighted by atomic mass is 16.5. The Morgan fingerprint density at radius 2 is 2.08 bits per heavy atom. The molecule has 132 valence electrons. The number of amides is 1. The summed E-state index contributed by atoms with van der Waals surface area (Å²) in [6.45, 7) is 3.44. The number of ether oxygens (including phenoxy) is 1. The van der Waals surface area contributed by atoms with Crippen molar-refractivity contribution >= 4 is 5.91 Å². The van der Waals surface area contributed by atoms with E-state index in [1.165, 1.54) is 0 Å². The number of hydrogen-bond donors (Lipinski definition) is 1. The van der Waals surface area contributed by atoms with Gasteiger partial charge in [0.1, 0.15) is 0 Å². The van der Waals surface area contributed by atoms with Gasteiger partial charge in [-0.25, -0.2) is 0 Å². The molecular formula is C18H27N3O3. The van der Waals surface area contributed by atoms with Gasteiger partial charge in [-0.05, 0) is 38.4 Å². The van der Waals surface area contributed by atoms with E-state index in [0.717, 1.165) is 25.1 Å². The van der Waals surface area contributed by atoms with Gasteiger partial charge < -0.3 is 19.6 Å². The predicted molar refractivity (Wildman–Crippen MR) is 90.2 cm³/mol. The molecule has 1 aromatic rings. The second-order valence-electron chi connectivity index (χ2n) is 6.88. The number of aliphatic hydroxyl groups is 1. The average molecular weight is 333 g/mol. The quantitative estimate of drug-likeness (QED) is 0.887. The van der Waals surface area contributed by atoms with Crippen molar-refractivity contribution in [3.8, 4) is 0 Å². The van der Waals surface area contributed by atoms with E-state index < -0.39 is 6.10 Å². The summed E-state index contributed by atoms with van der Waals surface area (Å²) in [5.74, 6) is -0.188. The number of pyridine rings is 1. The van der Waals surface area contributed by atoms with Crippen LogP contribution in [0.15, 0.2) is 24.4 Å². The Bertz CT molecular complexity index is 532. The Morgan fingerprint density at radius 3 is 2.79 bits per heavy atom. The number of rotatable bonds is 4. The van der Waals surface area contributed by atoms with Crippen LogP contribution in [-0.2, 0) is 16.1 Å². The van der Waals surface area contributed by atoms with E-state index in [-0.39, 0.29) is 17.9 Å². The zero-order valence-corrected chi connectivity index (χ0v) is 14.3. The minimum atomic E-state index is -0.508. The standard InChI is InChI=1S/C18H27N3O3/c1-20-9-7-17(22)16(12-20)18(23)21-10-5-15(6-11-21)24-13-14-4-2-3-8-19-14/h2-4,8,15-17,22H,5-7,9-13H2,1H3/t16-,17-/m1/s1. The van der Waals surface area contributed by atoms with Crippen molar-refractivity contribution in [1.82, 2.24) is 14.8 Å². The number of carbonyl (C=O) groups is 1. The molecule has 2 aliphatic heterocycles. The molecule has 1 amide bonds. The van der Waals surface area contributed by atoms with Crippen LogP contribution in [-0.4, -0.2) is 71.2 Å². The average Bonchev–Trinajstić information content (AvgIpc) is 2.63. The van der Waals surface area contributed by atoms with Gasteiger partial charge in [-0.15, -0.1) is 0 Å². The lowest BCUT2D eigenvalue weighted by Gasteiger charge is -2.38. The molecule has 3 rings (SSSR count). The van der Waals surface area contributed by atoms with Gasteiger partial charge in [0.2, 0.25) is 5.91 Å². The minimum absolute atomic E-state index is 0.0947. The summed E-state index contributed by atoms with van der Waals surface area (Å²) in [7, 11) is 2.00. The van der Waals surface area contributed by atoms with Gasteiger partial charge in [-0.3, -0.25) is 9.78 Å². The minimum Gasteiger partial charge on any atom is -0.392 e. The normalized spacial score (nSPS) is 26.5. The van der Waals surface area contributed by atoms with Crippen LogP contribution < -0.4 is 0 Å². The molecule has 0 unspecified atom stereocenters. The zero-order chi connectivity index (χ0) is 16.9. The molecule has 3 heterocycles. The Labute approximate surface area is 143 Å². The van der Waals surface area contributed by atoms with E-state index in [0.29, 0.717) is 32.7 Å². The smallest absolute Gasteiger partial charge is 0.229 e. The molecule has 24 heavy (non-hydrogen) atoms. The summed E-state index contributed by atoms with van der Waals surface area (Å²) in [6, 6.07) is 5.81. The van der Waals surface area contributed by atoms with Gasteiger partial charge >= 0.3 is 0 Å². The van der Waals surface area contributed by atoms with Crippen LogP contribution in [0.25, 0.3) is 0 Å². The van der Waals surface area contributed by atoms with Gasteiger partial charge in [0.15, 0.2) is 0 Å². The molecule has 2 atom stereocenters. The fraction of sp³-hybridized carbons (Fsp3) is 0.667. The number of likely N-dealkylation sites (tertiary alicyclic amines) is 2. The number of carbonyl (C=O) groups excluding carboxylic acids is 1. The lowest BCUT2D eigenvalue weighted by atomic mass is 9.92. The highest BCUT2D eigenvalue weighted by molar-refractivity contribution is 5.80. The first kappa shape index (κ1) is 17.3. The zero-order valence-electron chi connectivity index (χ0n) is 14.3. The first-order chi connectivity index (χ1) is 11.6. The van der Waals surface area contributed by atoms with E-state index in [1.54, 1.807) is 6.20 Å². The van der Waals surface area contributed by atoms with Crippen LogP contribution >= 0.6 is 0 Å². The fourth-order valence-corrected chi connectivity index (χ4v) is 3.51. The van der Waals surface area contributed by atoms with Crippen LogP contribution in [0, 0.1) is 5.92 Å². The van der Waals surface area contributed by atoms with Gasteiger partial charge in [-0.2, -0.15) is 0 Å². The maximum absolute atomic E-state index is 12.7. The molecule has 2 saturated heterocycles. The molecule has 1 aromatic heterocycles.